The summed E-state index contributed by atoms with van der Waals surface area (Å²) in [6, 6.07) is 11.9. The number of carbonyl (C=O) groups is 11. The molecule has 0 bridgehead atoms. The van der Waals surface area contributed by atoms with Gasteiger partial charge in [0.25, 0.3) is 0 Å². The Hall–Kier alpha value is -8.29. The number of aromatic nitrogens is 1. The van der Waals surface area contributed by atoms with Gasteiger partial charge in [0.2, 0.25) is 41.4 Å². The van der Waals surface area contributed by atoms with Crippen LogP contribution in [-0.4, -0.2) is 296 Å². The first-order valence-corrected chi connectivity index (χ1v) is 35.9. The van der Waals surface area contributed by atoms with Gasteiger partial charge < -0.3 is 93.8 Å². The highest BCUT2D eigenvalue weighted by Crippen LogP contribution is 2.28. The number of aliphatic hydroxyl groups is 3. The highest BCUT2D eigenvalue weighted by Gasteiger charge is 2.40. The summed E-state index contributed by atoms with van der Waals surface area (Å²) in [5.74, 6) is -10.3. The zero-order valence-electron chi connectivity index (χ0n) is 56.6. The number of nitrogens with two attached hydrogens (primary N) is 1. The number of carbonyl (C=O) groups excluding carboxylic acids is 8. The fraction of sp³-hybridized carbons (Fsp3) is 0.537. The van der Waals surface area contributed by atoms with Crippen LogP contribution in [-0.2, 0) is 72.0 Å². The molecule has 6 rings (SSSR count). The highest BCUT2D eigenvalue weighted by molar-refractivity contribution is 8.76. The van der Waals surface area contributed by atoms with Crippen molar-refractivity contribution in [2.45, 2.75) is 119 Å². The number of nitrogens with zero attached hydrogens (tertiary/aromatic N) is 4. The first-order valence-electron chi connectivity index (χ1n) is 33.4. The highest BCUT2D eigenvalue weighted by atomic mass is 33.1. The molecule has 3 aromatic carbocycles. The number of fused-ring (bicyclic) bond motifs is 1. The largest absolute Gasteiger partial charge is 0.508 e. The summed E-state index contributed by atoms with van der Waals surface area (Å²) >= 11 is 0. The molecule has 7 amide bonds. The predicted molar refractivity (Wildman–Crippen MR) is 376 cm³/mol. The molecule has 554 valence electrons. The molecule has 101 heavy (non-hydrogen) atoms. The summed E-state index contributed by atoms with van der Waals surface area (Å²) in [6.07, 6.45) is -0.811. The van der Waals surface area contributed by atoms with E-state index in [2.05, 4.69) is 47.5 Å². The average Bonchev–Trinajstić information content (AvgIpc) is 1.77. The average molecular weight is 1450 g/mol. The van der Waals surface area contributed by atoms with Gasteiger partial charge in [-0.05, 0) is 81.0 Å². The molecule has 2 saturated heterocycles. The molecule has 2 aliphatic heterocycles. The van der Waals surface area contributed by atoms with Gasteiger partial charge in [-0.25, -0.2) is 0 Å². The smallest absolute Gasteiger partial charge is 0.317 e. The van der Waals surface area contributed by atoms with Gasteiger partial charge >= 0.3 is 17.9 Å². The summed E-state index contributed by atoms with van der Waals surface area (Å²) in [7, 11) is 1.84. The molecule has 1 aromatic heterocycles. The first-order chi connectivity index (χ1) is 48.2. The van der Waals surface area contributed by atoms with Crippen LogP contribution in [0.3, 0.4) is 0 Å². The lowest BCUT2D eigenvalue weighted by molar-refractivity contribution is -0.140. The quantitative estimate of drug-likeness (QED) is 0.0153. The molecule has 10 unspecified atom stereocenters. The maximum atomic E-state index is 15.4. The third kappa shape index (κ3) is 27.9. The Morgan fingerprint density at radius 2 is 1.27 bits per heavy atom. The monoisotopic (exact) mass is 1450 g/mol. The Bertz CT molecular complexity index is 3360. The molecule has 32 nitrogen and oxygen atoms in total. The van der Waals surface area contributed by atoms with Gasteiger partial charge in [0, 0.05) is 113 Å². The molecule has 3 heterocycles. The number of rotatable bonds is 28. The molecule has 2 fully saturated rings. The van der Waals surface area contributed by atoms with Gasteiger partial charge in [0.1, 0.15) is 47.8 Å². The number of phenols is 1. The third-order valence-electron chi connectivity index (χ3n) is 17.2. The zero-order chi connectivity index (χ0) is 73.6. The maximum absolute atomic E-state index is 15.4. The lowest BCUT2D eigenvalue weighted by Gasteiger charge is -2.34. The number of carboxylic acids is 3. The summed E-state index contributed by atoms with van der Waals surface area (Å²) in [5.41, 5.74) is 6.27. The van der Waals surface area contributed by atoms with Crippen molar-refractivity contribution in [2.24, 2.45) is 5.73 Å². The molecule has 18 N–H and O–H groups in total. The minimum Gasteiger partial charge on any atom is -0.508 e. The van der Waals surface area contributed by atoms with Crippen molar-refractivity contribution in [2.75, 3.05) is 110 Å². The van der Waals surface area contributed by atoms with Gasteiger partial charge in [0.15, 0.2) is 0 Å². The number of para-hydroxylation sites is 1. The van der Waals surface area contributed by atoms with E-state index >= 15 is 14.4 Å². The van der Waals surface area contributed by atoms with E-state index in [9.17, 15) is 74.1 Å². The number of aliphatic hydroxyl groups excluding tert-OH is 3. The molecule has 0 saturated carbocycles. The summed E-state index contributed by atoms with van der Waals surface area (Å²) in [6.45, 7) is 0.851. The second kappa shape index (κ2) is 41.6. The minimum atomic E-state index is -1.99. The van der Waals surface area contributed by atoms with Crippen molar-refractivity contribution < 1.29 is 88.5 Å². The van der Waals surface area contributed by atoms with Crippen molar-refractivity contribution in [3.05, 3.63) is 102 Å². The zero-order valence-corrected chi connectivity index (χ0v) is 58.3. The van der Waals surface area contributed by atoms with E-state index in [0.29, 0.717) is 35.8 Å². The number of aldehydes is 1. The third-order valence-corrected chi connectivity index (χ3v) is 19.8. The summed E-state index contributed by atoms with van der Waals surface area (Å²) in [4.78, 5) is 163. The van der Waals surface area contributed by atoms with Crippen molar-refractivity contribution in [1.29, 1.82) is 0 Å². The van der Waals surface area contributed by atoms with Crippen LogP contribution in [0.5, 0.6) is 5.75 Å². The second-order valence-corrected chi connectivity index (χ2v) is 27.9. The van der Waals surface area contributed by atoms with Crippen molar-refractivity contribution in [3.8, 4) is 5.75 Å². The number of benzene rings is 3. The number of phenolic OH excluding ortho intramolecular Hbond substituents is 1. The van der Waals surface area contributed by atoms with Crippen LogP contribution in [0.1, 0.15) is 56.2 Å². The predicted octanol–water partition coefficient (Wildman–Crippen LogP) is -3.03. The number of amides is 7. The molecule has 10 atom stereocenters. The Kier molecular flexibility index (Phi) is 33.6. The van der Waals surface area contributed by atoms with Crippen LogP contribution < -0.4 is 48.3 Å². The van der Waals surface area contributed by atoms with E-state index in [-0.39, 0.29) is 108 Å². The van der Waals surface area contributed by atoms with Crippen LogP contribution in [0.4, 0.5) is 0 Å². The van der Waals surface area contributed by atoms with Crippen LogP contribution in [0.2, 0.25) is 0 Å². The van der Waals surface area contributed by atoms with Crippen molar-refractivity contribution >= 4 is 98.0 Å². The lowest BCUT2D eigenvalue weighted by Crippen LogP contribution is -2.65. The molecular weight excluding hydrogens is 1350 g/mol. The molecule has 34 heteroatoms. The number of hydrogen-bond acceptors (Lipinski definition) is 23. The number of H-pyrrole nitrogens is 1. The van der Waals surface area contributed by atoms with Gasteiger partial charge in [-0.15, -0.1) is 0 Å². The van der Waals surface area contributed by atoms with E-state index in [1.54, 1.807) is 56.1 Å². The Morgan fingerprint density at radius 3 is 1.83 bits per heavy atom. The van der Waals surface area contributed by atoms with Crippen LogP contribution in [0, 0.1) is 0 Å². The van der Waals surface area contributed by atoms with E-state index in [1.165, 1.54) is 38.1 Å². The number of aromatic amines is 1. The van der Waals surface area contributed by atoms with Gasteiger partial charge in [-0.3, -0.25) is 67.5 Å². The topological polar surface area (TPSA) is 480 Å². The fourth-order valence-electron chi connectivity index (χ4n) is 11.6. The van der Waals surface area contributed by atoms with Crippen molar-refractivity contribution in [1.82, 2.24) is 67.1 Å². The molecule has 0 aliphatic carbocycles. The Morgan fingerprint density at radius 1 is 0.683 bits per heavy atom. The summed E-state index contributed by atoms with van der Waals surface area (Å²) < 4.78 is 0. The van der Waals surface area contributed by atoms with Gasteiger partial charge in [-0.2, -0.15) is 0 Å². The van der Waals surface area contributed by atoms with Gasteiger partial charge in [-0.1, -0.05) is 82.3 Å². The Balaban J connectivity index is 1.41. The van der Waals surface area contributed by atoms with E-state index < -0.39 is 159 Å². The number of aliphatic carboxylic acids is 3. The standard InChI is InChI=1S/C67H96N14O18S2/c1-42(84)54(37-82)70-39-67(40-83)41-101-100-38-55(75-64(97)52(28-44-10-4-3-5-11-44)73-57(88)33-78-20-22-79(34-58(89)90)24-26-81(36-60(93)94)27-25-80(23-21-78)35-59(91)92)65(98)74-53(29-45-15-17-48(86)18-16-45)63(96)71-47(30-46-32-69-50-13-7-6-12-49(46)50)31-56(87)72-51(14-8-9-19-68)62(95)76-61(43(2)85)66(99)77-67/h3-7,10-13,15-18,32,40,42-43,47,51-55,61,69-70,82,84-86H,8-9,14,19-31,33-39,41,68H2,1-2H3,(H,71,96)(H,72,87)(H,73,88)(H,74,98)(H,75,97)(H,76,95)(H,77,99)(H,89,90)(H,91,92)(H,93,94). The molecule has 2 aliphatic rings. The summed E-state index contributed by atoms with van der Waals surface area (Å²) in [5, 5.41) is 94.5. The Labute approximate surface area is 592 Å². The lowest BCUT2D eigenvalue weighted by atomic mass is 9.99. The van der Waals surface area contributed by atoms with Crippen LogP contribution in [0.25, 0.3) is 10.9 Å². The van der Waals surface area contributed by atoms with E-state index in [4.69, 9.17) is 5.73 Å². The van der Waals surface area contributed by atoms with Crippen molar-refractivity contribution in [3.63, 3.8) is 0 Å². The molecule has 0 spiro atoms. The molecule has 0 radical (unpaired) electrons. The number of nitrogens with one attached hydrogen (secondary N) is 9. The van der Waals surface area contributed by atoms with Crippen LogP contribution >= 0.6 is 21.6 Å². The number of aromatic hydroxyl groups is 1. The fourth-order valence-corrected chi connectivity index (χ4v) is 14.1. The molecular formula is C67H96N14O18S2. The minimum absolute atomic E-state index is 0.00392. The first kappa shape index (κ1) is 81.7. The second-order valence-electron chi connectivity index (χ2n) is 25.4. The molecule has 4 aromatic rings. The normalized spacial score (nSPS) is 22.7. The SMILES string of the molecule is CC(O)C(CO)NCC1(C=O)CSSCC(NC(=O)C(Cc2ccccc2)NC(=O)CN2CCN(CC(=O)O)CCN(CC(=O)O)CCN(CC(=O)O)CC2)C(=O)NC(Cc2ccc(O)cc2)C(=O)NC(Cc2c[nH]c3ccccc23)CC(=O)NC(CCCCN)C(=O)NC(C(C)O)C(=O)N1. The van der Waals surface area contributed by atoms with E-state index in [1.807, 2.05) is 24.3 Å². The maximum Gasteiger partial charge on any atom is 0.317 e. The van der Waals surface area contributed by atoms with Crippen LogP contribution in [0.15, 0.2) is 85.1 Å². The number of unbranched alkanes of at least 4 members (excludes halogenated alkanes) is 1. The number of carboxylic acid groups (broad SMARTS) is 3. The van der Waals surface area contributed by atoms with Gasteiger partial charge in [0.05, 0.1) is 51.0 Å². The number of hydrogen-bond donors (Lipinski definition) is 17. The van der Waals surface area contributed by atoms with E-state index in [0.717, 1.165) is 32.5 Å².